The summed E-state index contributed by atoms with van der Waals surface area (Å²) in [5, 5.41) is 12.5. The standard InChI is InChI=1S/C34H37ClN2O5S.C33H35ClN2O5S.Na.H2O/c1-41-32(40)34-19-24(34)10-6-4-2-3-5-9-23(17-22-13-15-25(35)16-14-22)31(39)37-21-26(18-28(37)29(38)20-34)42-33-36-27-11-7-8-12-30(27)43-33;34-24-14-12-21(13-15-24)16-22-8-4-2-1-3-5-9-23-18-33(23,31(39)40)19-28(37)27-17-25(20-36(27)30(22)38)41-32-35-26-10-6-7-11-29(26)42-32;;/h6-8,10-16,23-24,26,28H,2-5,9,17-21H2,1H3;5-7,9-15,22-23,25,27H,1-4,8,16-20H2,(H,39,40);;1H2/q;;+1;/p-1/b10-6-;9-5-;;/t23-,24-,26-,28+,34-;22-,23-,25-,27+,33-;;/m11../s1. The smallest absolute Gasteiger partial charge is 0.870 e. The summed E-state index contributed by atoms with van der Waals surface area (Å²) >= 11 is 15.2. The average Bonchev–Trinajstić information content (AvgIpc) is 1.85. The van der Waals surface area contributed by atoms with E-state index in [1.54, 1.807) is 9.80 Å². The maximum atomic E-state index is 14.4. The Balaban J connectivity index is 0.000000203. The van der Waals surface area contributed by atoms with E-state index >= 15 is 0 Å². The number of aromatic nitrogens is 2. The molecule has 0 spiro atoms. The molecule has 2 saturated carbocycles. The number of hydrogen-bond donors (Lipinski definition) is 1. The van der Waals surface area contributed by atoms with Crippen LogP contribution in [0, 0.1) is 34.5 Å². The Labute approximate surface area is 547 Å². The van der Waals surface area contributed by atoms with Gasteiger partial charge in [0.1, 0.15) is 12.2 Å². The molecule has 10 atom stereocenters. The van der Waals surface area contributed by atoms with E-state index in [-0.39, 0.29) is 114 Å². The number of nitrogens with zero attached hydrogens (tertiary/aromatic N) is 4. The fourth-order valence-corrected chi connectivity index (χ4v) is 15.3. The number of thiazole rings is 2. The number of esters is 1. The number of carbonyl (C=O) groups is 6. The van der Waals surface area contributed by atoms with Crippen molar-refractivity contribution in [3.05, 3.63) is 143 Å². The summed E-state index contributed by atoms with van der Waals surface area (Å²) < 4.78 is 19.8. The number of halogens is 2. The minimum absolute atomic E-state index is 0. The van der Waals surface area contributed by atoms with Gasteiger partial charge >= 0.3 is 41.5 Å². The van der Waals surface area contributed by atoms with Gasteiger partial charge in [0.15, 0.2) is 11.6 Å². The number of carboxylic acid groups (broad SMARTS) is 1. The van der Waals surface area contributed by atoms with Crippen molar-refractivity contribution in [3.8, 4) is 10.4 Å². The van der Waals surface area contributed by atoms with Crippen LogP contribution in [0.2, 0.25) is 10.0 Å². The number of methoxy groups -OCH3 is 1. The minimum Gasteiger partial charge on any atom is -0.870 e. The van der Waals surface area contributed by atoms with Crippen LogP contribution in [0.15, 0.2) is 121 Å². The van der Waals surface area contributed by atoms with Gasteiger partial charge in [-0.25, -0.2) is 9.97 Å². The van der Waals surface area contributed by atoms with E-state index in [0.29, 0.717) is 71.9 Å². The minimum atomic E-state index is -1.09. The number of hydrogen-bond acceptors (Lipinski definition) is 14. The number of aliphatic carboxylic acids is 1. The number of rotatable bonds is 10. The molecule has 2 N–H and O–H groups in total. The van der Waals surface area contributed by atoms with Crippen LogP contribution in [0.25, 0.3) is 20.4 Å². The number of ether oxygens (including phenoxy) is 3. The van der Waals surface area contributed by atoms with E-state index in [9.17, 15) is 33.9 Å². The van der Waals surface area contributed by atoms with Crippen LogP contribution in [0.5, 0.6) is 10.4 Å². The molecule has 12 rings (SSSR count). The first-order chi connectivity index (χ1) is 41.2. The van der Waals surface area contributed by atoms with Crippen LogP contribution in [0.4, 0.5) is 0 Å². The molecule has 20 heteroatoms. The number of amides is 2. The first kappa shape index (κ1) is 65.9. The SMILES string of the molecule is COC(=O)[C@]12CC(=O)[C@@H]3C[C@@H](Oc4nc5ccccc5s4)CN3C(=O)[C@@H](Cc3ccc(Cl)cc3)CCCCC/C=C\[C@@H]1C2.O=C1C[C@]2(C(=O)O)C[C@H]2/C=C\CCCCC[C@H](Cc2ccc(Cl)cc2)C(=O)N2C[C@H](Oc3nc4ccccc4s3)C[C@@H]12.[Na+].[OH-]. The number of Topliss-reactive ketones (excluding diaryl/α,β-unsaturated/α-hetero) is 2. The number of allylic oxidation sites excluding steroid dienone is 4. The van der Waals surface area contributed by atoms with Crippen LogP contribution >= 0.6 is 45.9 Å². The van der Waals surface area contributed by atoms with E-state index < -0.39 is 35.0 Å². The van der Waals surface area contributed by atoms with Crippen LogP contribution in [-0.4, -0.2) is 110 Å². The molecule has 2 aliphatic carbocycles. The zero-order chi connectivity index (χ0) is 59.2. The Morgan fingerprint density at radius 2 is 1.03 bits per heavy atom. The summed E-state index contributed by atoms with van der Waals surface area (Å²) in [6.07, 6.45) is 19.4. The van der Waals surface area contributed by atoms with E-state index in [0.717, 1.165) is 89.3 Å². The first-order valence-corrected chi connectivity index (χ1v) is 32.4. The van der Waals surface area contributed by atoms with E-state index in [4.69, 9.17) is 37.4 Å². The van der Waals surface area contributed by atoms with Gasteiger partial charge in [-0.05, 0) is 136 Å². The van der Waals surface area contributed by atoms with Crippen LogP contribution < -0.4 is 39.0 Å². The molecule has 454 valence electrons. The van der Waals surface area contributed by atoms with Crippen LogP contribution in [0.1, 0.15) is 114 Å². The van der Waals surface area contributed by atoms with Crippen molar-refractivity contribution in [2.45, 2.75) is 140 Å². The summed E-state index contributed by atoms with van der Waals surface area (Å²) in [6, 6.07) is 29.4. The molecule has 2 saturated heterocycles. The molecule has 4 aromatic carbocycles. The molecule has 2 aromatic heterocycles. The van der Waals surface area contributed by atoms with Crippen LogP contribution in [-0.2, 0) is 46.3 Å². The molecule has 2 amide bonds. The Morgan fingerprint density at radius 3 is 1.47 bits per heavy atom. The average molecular weight is 1270 g/mol. The van der Waals surface area contributed by atoms with Gasteiger partial charge in [0.05, 0.1) is 63.5 Å². The van der Waals surface area contributed by atoms with Crippen molar-refractivity contribution in [2.24, 2.45) is 34.5 Å². The van der Waals surface area contributed by atoms with Crippen molar-refractivity contribution in [3.63, 3.8) is 0 Å². The number of fused-ring (bicyclic) bond motifs is 6. The van der Waals surface area contributed by atoms with Gasteiger partial charge in [0.25, 0.3) is 10.4 Å². The predicted octanol–water partition coefficient (Wildman–Crippen LogP) is 10.4. The monoisotopic (exact) mass is 1270 g/mol. The van der Waals surface area contributed by atoms with Crippen molar-refractivity contribution >= 4 is 102 Å². The second-order valence-corrected chi connectivity index (χ2v) is 26.9. The van der Waals surface area contributed by atoms with Gasteiger partial charge < -0.3 is 34.6 Å². The molecule has 0 radical (unpaired) electrons. The molecule has 0 unspecified atom stereocenters. The second kappa shape index (κ2) is 29.4. The van der Waals surface area contributed by atoms with E-state index in [2.05, 4.69) is 28.2 Å². The molecule has 87 heavy (non-hydrogen) atoms. The zero-order valence-corrected chi connectivity index (χ0v) is 54.4. The third-order valence-corrected chi connectivity index (χ3v) is 20.6. The zero-order valence-electron chi connectivity index (χ0n) is 49.2. The summed E-state index contributed by atoms with van der Waals surface area (Å²) in [5.41, 5.74) is 1.82. The molecular weight excluding hydrogens is 1190 g/mol. The van der Waals surface area contributed by atoms with Gasteiger partial charge in [-0.15, -0.1) is 0 Å². The normalized spacial score (nSPS) is 28.4. The number of benzene rings is 4. The fourth-order valence-electron chi connectivity index (χ4n) is 13.3. The molecule has 4 fully saturated rings. The maximum Gasteiger partial charge on any atom is 1.00 e. The van der Waals surface area contributed by atoms with Crippen molar-refractivity contribution in [2.75, 3.05) is 20.2 Å². The Hall–Kier alpha value is -5.50. The summed E-state index contributed by atoms with van der Waals surface area (Å²) in [5.74, 6) is -2.43. The maximum absolute atomic E-state index is 14.4. The fraction of sp³-hybridized carbons (Fsp3) is 0.463. The summed E-state index contributed by atoms with van der Waals surface area (Å²) in [4.78, 5) is 94.6. The van der Waals surface area contributed by atoms with Gasteiger partial charge in [-0.3, -0.25) is 28.8 Å². The quantitative estimate of drug-likeness (QED) is 0.0769. The molecule has 6 aliphatic rings. The number of ketones is 2. The van der Waals surface area contributed by atoms with Gasteiger partial charge in [-0.1, -0.05) is 144 Å². The largest absolute Gasteiger partial charge is 1.00 e. The van der Waals surface area contributed by atoms with Crippen molar-refractivity contribution in [1.29, 1.82) is 0 Å². The Kier molecular flexibility index (Phi) is 22.3. The topological polar surface area (TPSA) is 213 Å². The predicted molar refractivity (Wildman–Crippen MR) is 332 cm³/mol. The number of carbonyl (C=O) groups excluding carboxylic acids is 5. The second-order valence-electron chi connectivity index (χ2n) is 24.1. The van der Waals surface area contributed by atoms with E-state index in [1.165, 1.54) is 29.8 Å². The molecule has 15 nitrogen and oxygen atoms in total. The third-order valence-electron chi connectivity index (χ3n) is 18.3. The van der Waals surface area contributed by atoms with Gasteiger partial charge in [0, 0.05) is 47.6 Å². The molecular formula is C67H73Cl2N4NaO11S2. The Morgan fingerprint density at radius 1 is 0.609 bits per heavy atom. The molecule has 4 aliphatic heterocycles. The third kappa shape index (κ3) is 15.6. The van der Waals surface area contributed by atoms with Crippen molar-refractivity contribution in [1.82, 2.24) is 19.8 Å². The van der Waals surface area contributed by atoms with E-state index in [1.807, 2.05) is 103 Å². The number of carboxylic acids is 1. The Bertz CT molecular complexity index is 3420. The first-order valence-electron chi connectivity index (χ1n) is 30.0. The molecule has 6 aromatic rings. The van der Waals surface area contributed by atoms with Gasteiger partial charge in [0.2, 0.25) is 11.8 Å². The molecule has 6 heterocycles. The van der Waals surface area contributed by atoms with Crippen LogP contribution in [0.3, 0.4) is 0 Å². The number of para-hydroxylation sites is 2. The van der Waals surface area contributed by atoms with Gasteiger partial charge in [-0.2, -0.15) is 0 Å². The van der Waals surface area contributed by atoms with Crippen molar-refractivity contribution < 1.29 is 83.1 Å². The summed E-state index contributed by atoms with van der Waals surface area (Å²) in [7, 11) is 1.38. The molecule has 0 bridgehead atoms. The summed E-state index contributed by atoms with van der Waals surface area (Å²) in [6.45, 7) is 0.572.